The molecule has 0 aliphatic rings. The van der Waals surface area contributed by atoms with Crippen LogP contribution in [-0.4, -0.2) is 32.8 Å². The molecule has 0 bridgehead atoms. The zero-order valence-electron chi connectivity index (χ0n) is 17.3. The molecular weight excluding hydrogens is 350 g/mol. The summed E-state index contributed by atoms with van der Waals surface area (Å²) in [6.45, 7) is 7.75. The Kier molecular flexibility index (Phi) is 10.1. The molecule has 1 unspecified atom stereocenters. The third kappa shape index (κ3) is 8.11. The van der Waals surface area contributed by atoms with Crippen molar-refractivity contribution < 1.29 is 9.47 Å². The van der Waals surface area contributed by atoms with Crippen LogP contribution in [0.4, 0.5) is 0 Å². The summed E-state index contributed by atoms with van der Waals surface area (Å²) in [6, 6.07) is 18.7. The predicted octanol–water partition coefficient (Wildman–Crippen LogP) is 4.06. The van der Waals surface area contributed by atoms with Gasteiger partial charge in [0.2, 0.25) is 0 Å². The first-order valence-electron chi connectivity index (χ1n) is 9.99. The van der Waals surface area contributed by atoms with Crippen LogP contribution in [-0.2, 0) is 22.6 Å². The Hall–Kier alpha value is -2.37. The molecule has 2 N–H and O–H groups in total. The van der Waals surface area contributed by atoms with E-state index in [1.807, 2.05) is 25.1 Å². The highest BCUT2D eigenvalue weighted by molar-refractivity contribution is 5.79. The Morgan fingerprint density at radius 1 is 1.00 bits per heavy atom. The molecule has 0 heterocycles. The quantitative estimate of drug-likeness (QED) is 0.349. The number of rotatable bonds is 11. The van der Waals surface area contributed by atoms with E-state index in [-0.39, 0.29) is 6.10 Å². The Morgan fingerprint density at radius 2 is 1.71 bits per heavy atom. The maximum Gasteiger partial charge on any atom is 0.191 e. The third-order valence-electron chi connectivity index (χ3n) is 4.43. The minimum absolute atomic E-state index is 0.115. The molecule has 0 radical (unpaired) electrons. The summed E-state index contributed by atoms with van der Waals surface area (Å²) in [4.78, 5) is 4.28. The standard InChI is InChI=1S/C23H33N3O2/c1-4-27-18-21-13-11-20(12-14-21)17-26-23(24-3)25-15-8-16-28-19(2)22-9-6-5-7-10-22/h5-7,9-14,19H,4,8,15-18H2,1-3H3,(H2,24,25,26). The number of nitrogens with zero attached hydrogens (tertiary/aromatic N) is 1. The number of nitrogens with one attached hydrogen (secondary N) is 2. The summed E-state index contributed by atoms with van der Waals surface area (Å²) in [5.41, 5.74) is 3.61. The lowest BCUT2D eigenvalue weighted by Crippen LogP contribution is -2.37. The van der Waals surface area contributed by atoms with Crippen molar-refractivity contribution in [1.29, 1.82) is 0 Å². The molecule has 0 aromatic heterocycles. The van der Waals surface area contributed by atoms with Gasteiger partial charge in [-0.05, 0) is 37.0 Å². The highest BCUT2D eigenvalue weighted by Gasteiger charge is 2.04. The fourth-order valence-corrected chi connectivity index (χ4v) is 2.74. The second-order valence-electron chi connectivity index (χ2n) is 6.58. The molecule has 5 nitrogen and oxygen atoms in total. The van der Waals surface area contributed by atoms with E-state index in [1.54, 1.807) is 7.05 Å². The maximum absolute atomic E-state index is 5.90. The summed E-state index contributed by atoms with van der Waals surface area (Å²) in [5, 5.41) is 6.67. The number of aliphatic imine (C=N–C) groups is 1. The zero-order chi connectivity index (χ0) is 20.0. The lowest BCUT2D eigenvalue weighted by Gasteiger charge is -2.15. The van der Waals surface area contributed by atoms with Crippen molar-refractivity contribution in [2.24, 2.45) is 4.99 Å². The third-order valence-corrected chi connectivity index (χ3v) is 4.43. The van der Waals surface area contributed by atoms with Gasteiger partial charge in [0.05, 0.1) is 12.7 Å². The molecule has 2 aromatic rings. The van der Waals surface area contributed by atoms with Gasteiger partial charge < -0.3 is 20.1 Å². The lowest BCUT2D eigenvalue weighted by atomic mass is 10.1. The number of benzene rings is 2. The second-order valence-corrected chi connectivity index (χ2v) is 6.58. The van der Waals surface area contributed by atoms with Gasteiger partial charge in [-0.15, -0.1) is 0 Å². The van der Waals surface area contributed by atoms with Gasteiger partial charge in [-0.2, -0.15) is 0 Å². The number of hydrogen-bond donors (Lipinski definition) is 2. The smallest absolute Gasteiger partial charge is 0.191 e. The normalized spacial score (nSPS) is 12.6. The zero-order valence-corrected chi connectivity index (χ0v) is 17.3. The van der Waals surface area contributed by atoms with Gasteiger partial charge in [-0.1, -0.05) is 54.6 Å². The Balaban J connectivity index is 1.62. The Morgan fingerprint density at radius 3 is 2.39 bits per heavy atom. The van der Waals surface area contributed by atoms with Crippen molar-refractivity contribution in [1.82, 2.24) is 10.6 Å². The average Bonchev–Trinajstić information content (AvgIpc) is 2.75. The predicted molar refractivity (Wildman–Crippen MR) is 115 cm³/mol. The summed E-state index contributed by atoms with van der Waals surface area (Å²) < 4.78 is 11.3. The molecule has 0 aliphatic heterocycles. The highest BCUT2D eigenvalue weighted by atomic mass is 16.5. The largest absolute Gasteiger partial charge is 0.377 e. The van der Waals surface area contributed by atoms with Crippen LogP contribution in [0.25, 0.3) is 0 Å². The van der Waals surface area contributed by atoms with E-state index in [9.17, 15) is 0 Å². The summed E-state index contributed by atoms with van der Waals surface area (Å²) in [5.74, 6) is 0.800. The highest BCUT2D eigenvalue weighted by Crippen LogP contribution is 2.15. The van der Waals surface area contributed by atoms with E-state index in [2.05, 4.69) is 58.9 Å². The van der Waals surface area contributed by atoms with Crippen LogP contribution in [0.2, 0.25) is 0 Å². The van der Waals surface area contributed by atoms with Crippen LogP contribution in [0.1, 0.15) is 43.1 Å². The number of guanidine groups is 1. The lowest BCUT2D eigenvalue weighted by molar-refractivity contribution is 0.0646. The van der Waals surface area contributed by atoms with Crippen molar-refractivity contribution in [2.75, 3.05) is 26.8 Å². The molecule has 0 amide bonds. The molecule has 0 saturated carbocycles. The van der Waals surface area contributed by atoms with Crippen molar-refractivity contribution in [3.05, 3.63) is 71.3 Å². The molecule has 0 fully saturated rings. The first-order valence-corrected chi connectivity index (χ1v) is 9.99. The second kappa shape index (κ2) is 12.9. The average molecular weight is 384 g/mol. The molecule has 28 heavy (non-hydrogen) atoms. The molecule has 0 spiro atoms. The van der Waals surface area contributed by atoms with Gasteiger partial charge in [-0.25, -0.2) is 0 Å². The van der Waals surface area contributed by atoms with E-state index in [4.69, 9.17) is 9.47 Å². The molecule has 152 valence electrons. The fraction of sp³-hybridized carbons (Fsp3) is 0.435. The van der Waals surface area contributed by atoms with Crippen molar-refractivity contribution in [3.63, 3.8) is 0 Å². The van der Waals surface area contributed by atoms with E-state index in [0.29, 0.717) is 13.2 Å². The molecule has 1 atom stereocenters. The molecule has 5 heteroatoms. The molecule has 2 aromatic carbocycles. The van der Waals surface area contributed by atoms with Crippen LogP contribution >= 0.6 is 0 Å². The molecule has 2 rings (SSSR count). The summed E-state index contributed by atoms with van der Waals surface area (Å²) in [6.07, 6.45) is 1.04. The Labute approximate surface area is 169 Å². The van der Waals surface area contributed by atoms with Crippen LogP contribution in [0, 0.1) is 0 Å². The Bertz CT molecular complexity index is 687. The monoisotopic (exact) mass is 383 g/mol. The molecular formula is C23H33N3O2. The molecule has 0 saturated heterocycles. The number of ether oxygens (including phenoxy) is 2. The van der Waals surface area contributed by atoms with Gasteiger partial charge in [0, 0.05) is 33.4 Å². The first-order chi connectivity index (χ1) is 13.7. The summed E-state index contributed by atoms with van der Waals surface area (Å²) >= 11 is 0. The van der Waals surface area contributed by atoms with E-state index >= 15 is 0 Å². The van der Waals surface area contributed by atoms with Crippen LogP contribution in [0.15, 0.2) is 59.6 Å². The maximum atomic E-state index is 5.90. The minimum atomic E-state index is 0.115. The van der Waals surface area contributed by atoms with E-state index in [1.165, 1.54) is 16.7 Å². The van der Waals surface area contributed by atoms with E-state index in [0.717, 1.165) is 32.1 Å². The van der Waals surface area contributed by atoms with Gasteiger partial charge >= 0.3 is 0 Å². The van der Waals surface area contributed by atoms with Crippen LogP contribution < -0.4 is 10.6 Å². The first kappa shape index (κ1) is 21.9. The van der Waals surface area contributed by atoms with Crippen molar-refractivity contribution in [2.45, 2.75) is 39.5 Å². The van der Waals surface area contributed by atoms with Crippen molar-refractivity contribution >= 4 is 5.96 Å². The van der Waals surface area contributed by atoms with Crippen molar-refractivity contribution in [3.8, 4) is 0 Å². The number of hydrogen-bond acceptors (Lipinski definition) is 3. The fourth-order valence-electron chi connectivity index (χ4n) is 2.74. The van der Waals surface area contributed by atoms with Gasteiger partial charge in [0.15, 0.2) is 5.96 Å². The summed E-state index contributed by atoms with van der Waals surface area (Å²) in [7, 11) is 1.79. The molecule has 0 aliphatic carbocycles. The van der Waals surface area contributed by atoms with Gasteiger partial charge in [0.1, 0.15) is 0 Å². The topological polar surface area (TPSA) is 54.9 Å². The van der Waals surface area contributed by atoms with Gasteiger partial charge in [0.25, 0.3) is 0 Å². The SMILES string of the molecule is CCOCc1ccc(CNC(=NC)NCCCOC(C)c2ccccc2)cc1. The van der Waals surface area contributed by atoms with E-state index < -0.39 is 0 Å². The van der Waals surface area contributed by atoms with Gasteiger partial charge in [-0.3, -0.25) is 4.99 Å². The van der Waals surface area contributed by atoms with Crippen LogP contribution in [0.5, 0.6) is 0 Å². The van der Waals surface area contributed by atoms with Crippen LogP contribution in [0.3, 0.4) is 0 Å². The minimum Gasteiger partial charge on any atom is -0.377 e.